The molecule has 1 rings (SSSR count). The Hall–Kier alpha value is -0.150. The van der Waals surface area contributed by atoms with Gasteiger partial charge in [0.25, 0.3) is 0 Å². The summed E-state index contributed by atoms with van der Waals surface area (Å²) in [5.74, 6) is 0. The fourth-order valence-electron chi connectivity index (χ4n) is 0.400. The number of halogens is 2. The topological polar surface area (TPSA) is 18.8 Å². The summed E-state index contributed by atoms with van der Waals surface area (Å²) in [7, 11) is 1.75. The number of alkyl halides is 1. The maximum Gasteiger partial charge on any atom is 0.209 e. The van der Waals surface area contributed by atoms with E-state index in [2.05, 4.69) is 5.10 Å². The molecule has 1 unspecified atom stereocenters. The monoisotopic (exact) mass is 153 g/mol. The summed E-state index contributed by atoms with van der Waals surface area (Å²) in [5.41, 5.74) is -0.336. The highest BCUT2D eigenvalue weighted by Crippen LogP contribution is 2.14. The normalized spacial score (nSPS) is 27.6. The second kappa shape index (κ2) is 1.99. The SMILES string of the molecule is CN1N=CN(Cl)C1Cl. The number of nitrogens with zero attached hydrogens (tertiary/aromatic N) is 3. The van der Waals surface area contributed by atoms with E-state index < -0.39 is 0 Å². The molecule has 0 fully saturated rings. The molecule has 0 amide bonds. The molecule has 0 bridgehead atoms. The van der Waals surface area contributed by atoms with Crippen molar-refractivity contribution in [3.05, 3.63) is 0 Å². The lowest BCUT2D eigenvalue weighted by atomic mass is 11.0. The van der Waals surface area contributed by atoms with Crippen LogP contribution in [0.15, 0.2) is 5.10 Å². The minimum Gasteiger partial charge on any atom is -0.261 e. The Bertz CT molecular complexity index is 103. The molecule has 0 aromatic rings. The van der Waals surface area contributed by atoms with Crippen LogP contribution in [0.1, 0.15) is 0 Å². The van der Waals surface area contributed by atoms with E-state index in [0.717, 1.165) is 0 Å². The number of hydrogen-bond donors (Lipinski definition) is 0. The number of hydrogen-bond acceptors (Lipinski definition) is 3. The summed E-state index contributed by atoms with van der Waals surface area (Å²) >= 11 is 11.1. The van der Waals surface area contributed by atoms with Gasteiger partial charge in [0.1, 0.15) is 6.34 Å². The highest BCUT2D eigenvalue weighted by atomic mass is 35.5. The fourth-order valence-corrected chi connectivity index (χ4v) is 0.667. The Morgan fingerprint density at radius 3 is 2.50 bits per heavy atom. The van der Waals surface area contributed by atoms with Crippen LogP contribution in [-0.2, 0) is 0 Å². The third-order valence-corrected chi connectivity index (χ3v) is 1.72. The van der Waals surface area contributed by atoms with Crippen LogP contribution < -0.4 is 0 Å². The van der Waals surface area contributed by atoms with E-state index in [9.17, 15) is 0 Å². The van der Waals surface area contributed by atoms with Crippen molar-refractivity contribution in [3.8, 4) is 0 Å². The summed E-state index contributed by atoms with van der Waals surface area (Å²) in [6, 6.07) is 0. The average Bonchev–Trinajstić information content (AvgIpc) is 1.98. The third-order valence-electron chi connectivity index (χ3n) is 0.856. The van der Waals surface area contributed by atoms with Crippen LogP contribution in [0, 0.1) is 0 Å². The molecule has 8 heavy (non-hydrogen) atoms. The molecule has 0 saturated carbocycles. The van der Waals surface area contributed by atoms with Crippen LogP contribution in [0.4, 0.5) is 0 Å². The largest absolute Gasteiger partial charge is 0.261 e. The van der Waals surface area contributed by atoms with E-state index in [4.69, 9.17) is 23.4 Å². The first kappa shape index (κ1) is 5.98. The Morgan fingerprint density at radius 2 is 2.38 bits per heavy atom. The molecule has 0 spiro atoms. The Morgan fingerprint density at radius 1 is 1.75 bits per heavy atom. The second-order valence-corrected chi connectivity index (χ2v) is 2.24. The van der Waals surface area contributed by atoms with Gasteiger partial charge >= 0.3 is 0 Å². The molecule has 0 N–H and O–H groups in total. The summed E-state index contributed by atoms with van der Waals surface area (Å²) in [5, 5.41) is 5.32. The first-order valence-corrected chi connectivity index (χ1v) is 2.84. The Labute approximate surface area is 57.6 Å². The van der Waals surface area contributed by atoms with E-state index >= 15 is 0 Å². The highest BCUT2D eigenvalue weighted by Gasteiger charge is 2.19. The first-order chi connectivity index (χ1) is 3.72. The van der Waals surface area contributed by atoms with Gasteiger partial charge in [0.2, 0.25) is 5.62 Å². The zero-order valence-corrected chi connectivity index (χ0v) is 5.76. The summed E-state index contributed by atoms with van der Waals surface area (Å²) in [4.78, 5) is 0. The van der Waals surface area contributed by atoms with Crippen LogP contribution in [-0.4, -0.2) is 28.4 Å². The highest BCUT2D eigenvalue weighted by molar-refractivity contribution is 6.28. The Balaban J connectivity index is 2.55. The molecule has 1 aliphatic heterocycles. The van der Waals surface area contributed by atoms with E-state index in [1.54, 1.807) is 12.1 Å². The van der Waals surface area contributed by atoms with Gasteiger partial charge in [0.15, 0.2) is 0 Å². The number of rotatable bonds is 0. The molecule has 1 aliphatic rings. The lowest BCUT2D eigenvalue weighted by Crippen LogP contribution is -2.25. The minimum absolute atomic E-state index is 0.336. The quantitative estimate of drug-likeness (QED) is 0.292. The maximum absolute atomic E-state index is 5.61. The molecule has 0 radical (unpaired) electrons. The van der Waals surface area contributed by atoms with E-state index in [-0.39, 0.29) is 5.62 Å². The molecular formula is C3H5Cl2N3. The van der Waals surface area contributed by atoms with Gasteiger partial charge in [0, 0.05) is 18.8 Å². The number of hydrazone groups is 1. The molecular weight excluding hydrogens is 149 g/mol. The molecule has 46 valence electrons. The van der Waals surface area contributed by atoms with Crippen LogP contribution in [0.25, 0.3) is 0 Å². The van der Waals surface area contributed by atoms with Crippen LogP contribution in [0.5, 0.6) is 0 Å². The lowest BCUT2D eigenvalue weighted by Gasteiger charge is -2.14. The molecule has 5 heteroatoms. The van der Waals surface area contributed by atoms with Crippen molar-refractivity contribution in [3.63, 3.8) is 0 Å². The van der Waals surface area contributed by atoms with Crippen molar-refractivity contribution in [2.24, 2.45) is 5.10 Å². The van der Waals surface area contributed by atoms with Crippen molar-refractivity contribution in [1.29, 1.82) is 0 Å². The summed E-state index contributed by atoms with van der Waals surface area (Å²) < 4.78 is 1.29. The van der Waals surface area contributed by atoms with Gasteiger partial charge in [0.05, 0.1) is 0 Å². The molecule has 1 heterocycles. The molecule has 3 nitrogen and oxygen atoms in total. The van der Waals surface area contributed by atoms with Gasteiger partial charge in [-0.25, -0.2) is 4.42 Å². The van der Waals surface area contributed by atoms with Crippen molar-refractivity contribution in [1.82, 2.24) is 9.43 Å². The van der Waals surface area contributed by atoms with Gasteiger partial charge in [-0.2, -0.15) is 5.10 Å². The van der Waals surface area contributed by atoms with Crippen molar-refractivity contribution < 1.29 is 0 Å². The zero-order valence-electron chi connectivity index (χ0n) is 4.25. The van der Waals surface area contributed by atoms with Gasteiger partial charge in [-0.15, -0.1) is 0 Å². The second-order valence-electron chi connectivity index (χ2n) is 1.46. The standard InChI is InChI=1S/C3H5Cl2N3/c1-7-3(4)8(5)2-6-7/h2-3H,1H3. The van der Waals surface area contributed by atoms with Gasteiger partial charge in [-0.3, -0.25) is 5.01 Å². The summed E-state index contributed by atoms with van der Waals surface area (Å²) in [6.07, 6.45) is 1.46. The van der Waals surface area contributed by atoms with Crippen molar-refractivity contribution in [2.75, 3.05) is 7.05 Å². The smallest absolute Gasteiger partial charge is 0.209 e. The lowest BCUT2D eigenvalue weighted by molar-refractivity contribution is 0.298. The molecule has 0 saturated heterocycles. The molecule has 0 aromatic heterocycles. The average molecular weight is 154 g/mol. The Kier molecular flexibility index (Phi) is 1.49. The fraction of sp³-hybridized carbons (Fsp3) is 0.667. The van der Waals surface area contributed by atoms with Crippen LogP contribution in [0.2, 0.25) is 0 Å². The van der Waals surface area contributed by atoms with Crippen molar-refractivity contribution >= 4 is 29.7 Å². The zero-order chi connectivity index (χ0) is 6.15. The molecule has 1 atom stereocenters. The van der Waals surface area contributed by atoms with Gasteiger partial charge in [-0.1, -0.05) is 11.6 Å². The van der Waals surface area contributed by atoms with Gasteiger partial charge < -0.3 is 0 Å². The van der Waals surface area contributed by atoms with Gasteiger partial charge in [-0.05, 0) is 0 Å². The van der Waals surface area contributed by atoms with E-state index in [1.807, 2.05) is 0 Å². The summed E-state index contributed by atoms with van der Waals surface area (Å²) in [6.45, 7) is 0. The third kappa shape index (κ3) is 0.833. The van der Waals surface area contributed by atoms with E-state index in [1.165, 1.54) is 10.8 Å². The minimum atomic E-state index is -0.336. The first-order valence-electron chi connectivity index (χ1n) is 2.07. The maximum atomic E-state index is 5.61. The van der Waals surface area contributed by atoms with Crippen LogP contribution >= 0.6 is 23.4 Å². The molecule has 0 aliphatic carbocycles. The van der Waals surface area contributed by atoms with Crippen molar-refractivity contribution in [2.45, 2.75) is 5.62 Å². The predicted octanol–water partition coefficient (Wildman–Crippen LogP) is 0.853. The predicted molar refractivity (Wildman–Crippen MR) is 33.6 cm³/mol. The van der Waals surface area contributed by atoms with Crippen LogP contribution in [0.3, 0.4) is 0 Å². The molecule has 0 aromatic carbocycles. The van der Waals surface area contributed by atoms with E-state index in [0.29, 0.717) is 0 Å².